The molecule has 1 N–H and O–H groups in total. The number of halogens is 2. The Morgan fingerprint density at radius 3 is 2.88 bits per heavy atom. The van der Waals surface area contributed by atoms with Crippen molar-refractivity contribution in [2.24, 2.45) is 0 Å². The zero-order chi connectivity index (χ0) is 11.5. The summed E-state index contributed by atoms with van der Waals surface area (Å²) in [5.74, 6) is -2.96. The molecule has 4 nitrogen and oxygen atoms in total. The van der Waals surface area contributed by atoms with Crippen LogP contribution in [0.2, 0.25) is 0 Å². The van der Waals surface area contributed by atoms with Gasteiger partial charge in [-0.15, -0.1) is 5.10 Å². The van der Waals surface area contributed by atoms with Crippen molar-refractivity contribution in [3.8, 4) is 0 Å². The summed E-state index contributed by atoms with van der Waals surface area (Å²) >= 11 is 0.947. The summed E-state index contributed by atoms with van der Waals surface area (Å²) in [6, 6.07) is 3.40. The van der Waals surface area contributed by atoms with Gasteiger partial charge < -0.3 is 5.32 Å². The highest BCUT2D eigenvalue weighted by Crippen LogP contribution is 2.15. The topological polar surface area (TPSA) is 54.9 Å². The molecule has 1 aromatic heterocycles. The number of benzene rings is 1. The molecule has 0 aliphatic heterocycles. The number of anilines is 1. The van der Waals surface area contributed by atoms with Gasteiger partial charge in [-0.3, -0.25) is 4.79 Å². The second-order valence-electron chi connectivity index (χ2n) is 2.84. The van der Waals surface area contributed by atoms with Gasteiger partial charge in [0.25, 0.3) is 5.91 Å². The van der Waals surface area contributed by atoms with E-state index in [-0.39, 0.29) is 5.56 Å². The monoisotopic (exact) mass is 241 g/mol. The Kier molecular flexibility index (Phi) is 2.86. The van der Waals surface area contributed by atoms with Crippen molar-refractivity contribution in [1.29, 1.82) is 0 Å². The van der Waals surface area contributed by atoms with E-state index in [1.165, 1.54) is 18.3 Å². The van der Waals surface area contributed by atoms with Gasteiger partial charge in [0.05, 0.1) is 11.8 Å². The third-order valence-electron chi connectivity index (χ3n) is 1.79. The molecule has 1 heterocycles. The molecule has 1 aromatic carbocycles. The van der Waals surface area contributed by atoms with Crippen LogP contribution in [0.4, 0.5) is 13.8 Å². The van der Waals surface area contributed by atoms with Gasteiger partial charge in [-0.25, -0.2) is 8.78 Å². The first-order chi connectivity index (χ1) is 7.68. The Morgan fingerprint density at radius 2 is 2.19 bits per heavy atom. The number of hydrogen-bond donors (Lipinski definition) is 1. The lowest BCUT2D eigenvalue weighted by molar-refractivity contribution is 0.102. The second kappa shape index (κ2) is 4.31. The molecule has 7 heteroatoms. The summed E-state index contributed by atoms with van der Waals surface area (Å²) in [4.78, 5) is 11.5. The molecule has 0 saturated carbocycles. The Labute approximate surface area is 93.1 Å². The van der Waals surface area contributed by atoms with Gasteiger partial charge in [0.1, 0.15) is 5.00 Å². The van der Waals surface area contributed by atoms with Gasteiger partial charge in [0.15, 0.2) is 11.6 Å². The van der Waals surface area contributed by atoms with Gasteiger partial charge in [-0.1, -0.05) is 10.6 Å². The zero-order valence-corrected chi connectivity index (χ0v) is 8.59. The number of carbonyl (C=O) groups is 1. The Morgan fingerprint density at radius 1 is 1.38 bits per heavy atom. The van der Waals surface area contributed by atoms with Crippen LogP contribution in [0.25, 0.3) is 0 Å². The molecule has 0 unspecified atom stereocenters. The van der Waals surface area contributed by atoms with E-state index in [0.29, 0.717) is 5.00 Å². The minimum Gasteiger partial charge on any atom is -0.311 e. The highest BCUT2D eigenvalue weighted by molar-refractivity contribution is 7.10. The van der Waals surface area contributed by atoms with Gasteiger partial charge in [-0.05, 0) is 12.1 Å². The summed E-state index contributed by atoms with van der Waals surface area (Å²) in [7, 11) is 0. The molecule has 82 valence electrons. The Bertz CT molecular complexity index is 515. The van der Waals surface area contributed by atoms with Gasteiger partial charge in [0, 0.05) is 11.5 Å². The minimum absolute atomic E-state index is 0.353. The molecule has 0 fully saturated rings. The quantitative estimate of drug-likeness (QED) is 0.875. The number of rotatable bonds is 2. The van der Waals surface area contributed by atoms with Gasteiger partial charge in [-0.2, -0.15) is 0 Å². The molecule has 0 bridgehead atoms. The molecular weight excluding hydrogens is 236 g/mol. The predicted molar refractivity (Wildman–Crippen MR) is 54.2 cm³/mol. The lowest BCUT2D eigenvalue weighted by atomic mass is 10.2. The molecule has 0 spiro atoms. The molecule has 0 atom stereocenters. The second-order valence-corrected chi connectivity index (χ2v) is 3.62. The summed E-state index contributed by atoms with van der Waals surface area (Å²) in [5, 5.41) is 6.22. The Balaban J connectivity index is 2.24. The van der Waals surface area contributed by atoms with Crippen LogP contribution in [0.15, 0.2) is 24.4 Å². The molecule has 1 amide bonds. The number of amides is 1. The number of aromatic nitrogens is 2. The van der Waals surface area contributed by atoms with Gasteiger partial charge >= 0.3 is 0 Å². The standard InChI is InChI=1S/C9H5F2N3OS/c10-6-3-1-2-5(8(6)11)9(15)13-7-4-12-14-16-7/h1-4H,(H,13,15). The molecule has 2 rings (SSSR count). The maximum Gasteiger partial charge on any atom is 0.259 e. The summed E-state index contributed by atoms with van der Waals surface area (Å²) < 4.78 is 29.6. The predicted octanol–water partition coefficient (Wildman–Crippen LogP) is 2.07. The molecule has 0 aliphatic rings. The van der Waals surface area contributed by atoms with E-state index in [0.717, 1.165) is 17.6 Å². The highest BCUT2D eigenvalue weighted by Gasteiger charge is 2.15. The number of nitrogens with zero attached hydrogens (tertiary/aromatic N) is 2. The highest BCUT2D eigenvalue weighted by atomic mass is 32.1. The van der Waals surface area contributed by atoms with Crippen molar-refractivity contribution in [2.45, 2.75) is 0 Å². The lowest BCUT2D eigenvalue weighted by Crippen LogP contribution is -2.13. The van der Waals surface area contributed by atoms with E-state index in [4.69, 9.17) is 0 Å². The molecule has 2 aromatic rings. The first-order valence-corrected chi connectivity index (χ1v) is 4.98. The summed E-state index contributed by atoms with van der Waals surface area (Å²) in [6.45, 7) is 0. The Hall–Kier alpha value is -1.89. The van der Waals surface area contributed by atoms with E-state index in [2.05, 4.69) is 14.9 Å². The van der Waals surface area contributed by atoms with E-state index in [1.807, 2.05) is 0 Å². The van der Waals surface area contributed by atoms with E-state index >= 15 is 0 Å². The minimum atomic E-state index is -1.17. The van der Waals surface area contributed by atoms with Crippen LogP contribution in [0, 0.1) is 11.6 Å². The average molecular weight is 241 g/mol. The molecule has 0 radical (unpaired) electrons. The average Bonchev–Trinajstić information content (AvgIpc) is 2.74. The van der Waals surface area contributed by atoms with Crippen LogP contribution in [0.1, 0.15) is 10.4 Å². The number of carbonyl (C=O) groups excluding carboxylic acids is 1. The maximum absolute atomic E-state index is 13.2. The first kappa shape index (κ1) is 10.6. The van der Waals surface area contributed by atoms with Crippen LogP contribution in [-0.2, 0) is 0 Å². The smallest absolute Gasteiger partial charge is 0.259 e. The normalized spacial score (nSPS) is 10.1. The van der Waals surface area contributed by atoms with Crippen molar-refractivity contribution < 1.29 is 13.6 Å². The fraction of sp³-hybridized carbons (Fsp3) is 0. The van der Waals surface area contributed by atoms with Crippen LogP contribution in [-0.4, -0.2) is 15.5 Å². The lowest BCUT2D eigenvalue weighted by Gasteiger charge is -2.03. The van der Waals surface area contributed by atoms with E-state index in [9.17, 15) is 13.6 Å². The van der Waals surface area contributed by atoms with Crippen molar-refractivity contribution in [3.05, 3.63) is 41.6 Å². The fourth-order valence-electron chi connectivity index (χ4n) is 1.08. The van der Waals surface area contributed by atoms with E-state index in [1.54, 1.807) is 0 Å². The van der Waals surface area contributed by atoms with Crippen LogP contribution >= 0.6 is 11.5 Å². The third kappa shape index (κ3) is 2.03. The maximum atomic E-state index is 13.2. The van der Waals surface area contributed by atoms with Crippen molar-refractivity contribution in [3.63, 3.8) is 0 Å². The molecule has 0 saturated heterocycles. The third-order valence-corrected chi connectivity index (χ3v) is 2.37. The van der Waals surface area contributed by atoms with Gasteiger partial charge in [0.2, 0.25) is 0 Å². The molecule has 16 heavy (non-hydrogen) atoms. The first-order valence-electron chi connectivity index (χ1n) is 4.21. The molecule has 0 aliphatic carbocycles. The SMILES string of the molecule is O=C(Nc1cnns1)c1cccc(F)c1F. The number of hydrogen-bond acceptors (Lipinski definition) is 4. The van der Waals surface area contributed by atoms with Crippen LogP contribution in [0.5, 0.6) is 0 Å². The van der Waals surface area contributed by atoms with Crippen molar-refractivity contribution >= 4 is 22.4 Å². The summed E-state index contributed by atoms with van der Waals surface area (Å²) in [6.07, 6.45) is 1.32. The number of nitrogens with one attached hydrogen (secondary N) is 1. The van der Waals surface area contributed by atoms with Crippen LogP contribution < -0.4 is 5.32 Å². The van der Waals surface area contributed by atoms with Crippen molar-refractivity contribution in [2.75, 3.05) is 5.32 Å². The largest absolute Gasteiger partial charge is 0.311 e. The van der Waals surface area contributed by atoms with Crippen LogP contribution in [0.3, 0.4) is 0 Å². The van der Waals surface area contributed by atoms with Crippen molar-refractivity contribution in [1.82, 2.24) is 9.59 Å². The zero-order valence-electron chi connectivity index (χ0n) is 7.78. The fourth-order valence-corrected chi connectivity index (χ4v) is 1.50. The summed E-state index contributed by atoms with van der Waals surface area (Å²) in [5.41, 5.74) is -0.353. The molecular formula is C9H5F2N3OS. The van der Waals surface area contributed by atoms with E-state index < -0.39 is 17.5 Å².